The number of para-hydroxylation sites is 1. The fourth-order valence-electron chi connectivity index (χ4n) is 11.3. The van der Waals surface area contributed by atoms with E-state index in [0.29, 0.717) is 42.1 Å². The number of imide groups is 2. The number of benzene rings is 3. The van der Waals surface area contributed by atoms with Gasteiger partial charge in [0.05, 0.1) is 22.6 Å². The zero-order chi connectivity index (χ0) is 46.5. The Morgan fingerprint density at radius 1 is 0.647 bits per heavy atom. The molecule has 0 radical (unpaired) electrons. The number of nitrogen functional groups attached to an aromatic ring is 1. The molecule has 8 heterocycles. The number of ether oxygens (including phenoxy) is 1. The van der Waals surface area contributed by atoms with Crippen molar-refractivity contribution < 1.29 is 28.7 Å². The summed E-state index contributed by atoms with van der Waals surface area (Å²) in [7, 11) is 0. The second-order valence-corrected chi connectivity index (χ2v) is 18.9. The highest BCUT2D eigenvalue weighted by Crippen LogP contribution is 2.37. The number of piperazine rings is 1. The lowest BCUT2D eigenvalue weighted by atomic mass is 9.98. The number of nitrogens with zero attached hydrogens (tertiary/aromatic N) is 10. The molecule has 6 aliphatic heterocycles. The Kier molecular flexibility index (Phi) is 11.7. The lowest BCUT2D eigenvalue weighted by Gasteiger charge is -2.45. The van der Waals surface area contributed by atoms with Crippen LogP contribution in [0.5, 0.6) is 11.5 Å². The first-order chi connectivity index (χ1) is 33.2. The average molecular weight is 921 g/mol. The fraction of sp³-hybridized carbons (Fsp3) is 0.440. The van der Waals surface area contributed by atoms with E-state index in [9.17, 15) is 24.0 Å². The number of fused-ring (bicyclic) bond motifs is 2. The van der Waals surface area contributed by atoms with Crippen molar-refractivity contribution in [2.45, 2.75) is 75.5 Å². The predicted octanol–water partition coefficient (Wildman–Crippen LogP) is 4.78. The van der Waals surface area contributed by atoms with Crippen molar-refractivity contribution in [1.29, 1.82) is 0 Å². The van der Waals surface area contributed by atoms with Gasteiger partial charge in [0.1, 0.15) is 35.4 Å². The maximum atomic E-state index is 13.8. The molecule has 1 atom stereocenters. The number of hydrogen-bond acceptors (Lipinski definition) is 13. The summed E-state index contributed by atoms with van der Waals surface area (Å²) in [6, 6.07) is 23.1. The fourth-order valence-corrected chi connectivity index (χ4v) is 11.3. The zero-order valence-electron chi connectivity index (χ0n) is 38.0. The standard InChI is InChI=1S/C50H56N12O6/c51-45-43-44(32-6-9-38(10-7-32)68-37-4-2-1-3-5-37)55-62(46(43)53-31-52-45)35-18-22-56(23-19-35)33-16-24-59(25-17-33)50(67)60-28-26-58(27-29-60)34-14-20-57(21-15-34)36-8-11-39-40(30-36)49(66)61(48(39)65)41-12-13-42(63)54-47(41)64/h1-11,30-31,33-35,41H,12-29H2,(H2,51,52,53)(H,54,63,64). The molecule has 11 rings (SSSR count). The van der Waals surface area contributed by atoms with Crippen LogP contribution in [0, 0.1) is 0 Å². The quantitative estimate of drug-likeness (QED) is 0.202. The van der Waals surface area contributed by atoms with Crippen molar-refractivity contribution >= 4 is 52.2 Å². The largest absolute Gasteiger partial charge is 0.457 e. The molecule has 68 heavy (non-hydrogen) atoms. The van der Waals surface area contributed by atoms with Crippen molar-refractivity contribution in [3.8, 4) is 22.8 Å². The molecule has 5 fully saturated rings. The van der Waals surface area contributed by atoms with E-state index in [2.05, 4.69) is 39.6 Å². The van der Waals surface area contributed by atoms with Crippen LogP contribution in [0.15, 0.2) is 79.1 Å². The van der Waals surface area contributed by atoms with E-state index in [1.165, 1.54) is 6.33 Å². The summed E-state index contributed by atoms with van der Waals surface area (Å²) >= 11 is 0. The van der Waals surface area contributed by atoms with Gasteiger partial charge in [-0.1, -0.05) is 18.2 Å². The monoisotopic (exact) mass is 920 g/mol. The number of nitrogens with one attached hydrogen (secondary N) is 1. The number of anilines is 2. The Hall–Kier alpha value is -6.92. The molecule has 3 aromatic carbocycles. The van der Waals surface area contributed by atoms with Crippen LogP contribution < -0.4 is 20.7 Å². The zero-order valence-corrected chi connectivity index (χ0v) is 38.0. The topological polar surface area (TPSA) is 196 Å². The number of nitrogens with two attached hydrogens (primary N) is 1. The molecule has 18 heteroatoms. The van der Waals surface area contributed by atoms with Gasteiger partial charge in [-0.05, 0) is 99.5 Å². The first-order valence-electron chi connectivity index (χ1n) is 24.1. The minimum atomic E-state index is -0.981. The van der Waals surface area contributed by atoms with Gasteiger partial charge in [0.25, 0.3) is 11.8 Å². The number of piperidine rings is 4. The van der Waals surface area contributed by atoms with Gasteiger partial charge in [0.2, 0.25) is 11.8 Å². The summed E-state index contributed by atoms with van der Waals surface area (Å²) in [5.74, 6) is -0.0581. The summed E-state index contributed by atoms with van der Waals surface area (Å²) < 4.78 is 8.08. The van der Waals surface area contributed by atoms with Crippen LogP contribution in [0.1, 0.15) is 78.1 Å². The Morgan fingerprint density at radius 3 is 1.99 bits per heavy atom. The van der Waals surface area contributed by atoms with Gasteiger partial charge < -0.3 is 30.1 Å². The first-order valence-corrected chi connectivity index (χ1v) is 24.1. The summed E-state index contributed by atoms with van der Waals surface area (Å²) in [5.41, 5.74) is 10.4. The minimum absolute atomic E-state index is 0.0875. The van der Waals surface area contributed by atoms with Crippen LogP contribution in [0.25, 0.3) is 22.3 Å². The van der Waals surface area contributed by atoms with Crippen molar-refractivity contribution in [2.75, 3.05) is 76.1 Å². The van der Waals surface area contributed by atoms with Gasteiger partial charge in [-0.15, -0.1) is 0 Å². The van der Waals surface area contributed by atoms with Gasteiger partial charge in [-0.25, -0.2) is 19.4 Å². The normalized spacial score (nSPS) is 21.7. The van der Waals surface area contributed by atoms with E-state index < -0.39 is 29.7 Å². The maximum absolute atomic E-state index is 13.8. The molecule has 18 nitrogen and oxygen atoms in total. The average Bonchev–Trinajstić information content (AvgIpc) is 3.89. The predicted molar refractivity (Wildman–Crippen MR) is 253 cm³/mol. The third-order valence-corrected chi connectivity index (χ3v) is 15.1. The highest BCUT2D eigenvalue weighted by atomic mass is 16.5. The number of carbonyl (C=O) groups excluding carboxylic acids is 5. The number of amides is 6. The van der Waals surface area contributed by atoms with Crippen molar-refractivity contribution in [2.24, 2.45) is 0 Å². The van der Waals surface area contributed by atoms with Gasteiger partial charge >= 0.3 is 6.03 Å². The summed E-state index contributed by atoms with van der Waals surface area (Å²) in [6.45, 7) is 8.15. The molecular formula is C50H56N12O6. The van der Waals surface area contributed by atoms with Gasteiger partial charge in [0.15, 0.2) is 5.65 Å². The van der Waals surface area contributed by atoms with Gasteiger partial charge in [-0.2, -0.15) is 5.10 Å². The van der Waals surface area contributed by atoms with Crippen LogP contribution in [0.4, 0.5) is 16.3 Å². The molecule has 6 aliphatic rings. The molecule has 352 valence electrons. The van der Waals surface area contributed by atoms with E-state index >= 15 is 0 Å². The van der Waals surface area contributed by atoms with Gasteiger partial charge in [0, 0.05) is 95.2 Å². The third kappa shape index (κ3) is 8.29. The second-order valence-electron chi connectivity index (χ2n) is 18.9. The molecule has 6 amide bonds. The SMILES string of the molecule is Nc1ncnc2c1c(-c1ccc(Oc3ccccc3)cc1)nn2C1CCN(C2CCN(C(=O)N3CCN(C4CCN(c5ccc6c(c5)C(=O)N(C5CCC(=O)NC5=O)C6=O)CC4)CC3)CC2)CC1. The Bertz CT molecular complexity index is 2730. The van der Waals surface area contributed by atoms with E-state index in [1.54, 1.807) is 12.1 Å². The van der Waals surface area contributed by atoms with Crippen molar-refractivity contribution in [3.05, 3.63) is 90.3 Å². The summed E-state index contributed by atoms with van der Waals surface area (Å²) in [5, 5.41) is 8.15. The molecule has 5 aromatic rings. The van der Waals surface area contributed by atoms with E-state index in [1.807, 2.05) is 65.6 Å². The number of rotatable bonds is 8. The van der Waals surface area contributed by atoms with Crippen LogP contribution in [-0.2, 0) is 9.59 Å². The highest BCUT2D eigenvalue weighted by molar-refractivity contribution is 6.23. The lowest BCUT2D eigenvalue weighted by molar-refractivity contribution is -0.136. The van der Waals surface area contributed by atoms with E-state index in [0.717, 1.165) is 135 Å². The third-order valence-electron chi connectivity index (χ3n) is 15.1. The smallest absolute Gasteiger partial charge is 0.320 e. The maximum Gasteiger partial charge on any atom is 0.320 e. The molecule has 0 aliphatic carbocycles. The number of carbonyl (C=O) groups is 5. The van der Waals surface area contributed by atoms with Crippen LogP contribution in [0.2, 0.25) is 0 Å². The molecule has 0 spiro atoms. The van der Waals surface area contributed by atoms with E-state index in [-0.39, 0.29) is 24.9 Å². The highest BCUT2D eigenvalue weighted by Gasteiger charge is 2.45. The summed E-state index contributed by atoms with van der Waals surface area (Å²) in [6.07, 6.45) is 7.45. The lowest BCUT2D eigenvalue weighted by Crippen LogP contribution is -2.58. The second kappa shape index (κ2) is 18.3. The summed E-state index contributed by atoms with van der Waals surface area (Å²) in [4.78, 5) is 86.1. The van der Waals surface area contributed by atoms with Crippen LogP contribution >= 0.6 is 0 Å². The minimum Gasteiger partial charge on any atom is -0.457 e. The van der Waals surface area contributed by atoms with Crippen LogP contribution in [-0.4, -0.2) is 157 Å². The molecule has 3 N–H and O–H groups in total. The molecular weight excluding hydrogens is 865 g/mol. The first kappa shape index (κ1) is 43.6. The van der Waals surface area contributed by atoms with Crippen molar-refractivity contribution in [3.63, 3.8) is 0 Å². The Morgan fingerprint density at radius 2 is 1.28 bits per heavy atom. The number of urea groups is 1. The Labute approximate surface area is 394 Å². The molecule has 5 saturated heterocycles. The Balaban J connectivity index is 0.633. The van der Waals surface area contributed by atoms with E-state index in [4.69, 9.17) is 15.6 Å². The molecule has 0 saturated carbocycles. The van der Waals surface area contributed by atoms with Gasteiger partial charge in [-0.3, -0.25) is 34.3 Å². The molecule has 1 unspecified atom stereocenters. The number of likely N-dealkylation sites (tertiary alicyclic amines) is 2. The molecule has 2 aromatic heterocycles. The van der Waals surface area contributed by atoms with Crippen molar-refractivity contribution in [1.82, 2.24) is 49.6 Å². The molecule has 0 bridgehead atoms. The number of aromatic nitrogens is 4. The van der Waals surface area contributed by atoms with Crippen LogP contribution in [0.3, 0.4) is 0 Å². The number of hydrogen-bond donors (Lipinski definition) is 2.